The molecule has 0 unspecified atom stereocenters. The number of amides is 1. The third kappa shape index (κ3) is 3.75. The number of hydrogen-bond acceptors (Lipinski definition) is 3. The van der Waals surface area contributed by atoms with E-state index in [0.717, 1.165) is 12.8 Å². The van der Waals surface area contributed by atoms with E-state index in [9.17, 15) is 13.6 Å². The van der Waals surface area contributed by atoms with Crippen LogP contribution in [0, 0.1) is 17.6 Å². The Kier molecular flexibility index (Phi) is 5.13. The van der Waals surface area contributed by atoms with E-state index in [1.54, 1.807) is 4.90 Å². The van der Waals surface area contributed by atoms with Gasteiger partial charge in [-0.25, -0.2) is 13.8 Å². The molecule has 1 saturated heterocycles. The highest BCUT2D eigenvalue weighted by Gasteiger charge is 2.25. The van der Waals surface area contributed by atoms with Crippen LogP contribution < -0.4 is 0 Å². The summed E-state index contributed by atoms with van der Waals surface area (Å²) in [5.41, 5.74) is 0.466. The first kappa shape index (κ1) is 16.5. The number of hydrogen-bond donors (Lipinski definition) is 0. The normalized spacial score (nSPS) is 17.8. The molecule has 1 aliphatic heterocycles. The van der Waals surface area contributed by atoms with Gasteiger partial charge < -0.3 is 4.90 Å². The molecule has 1 aliphatic rings. The van der Waals surface area contributed by atoms with Crippen LogP contribution in [0.5, 0.6) is 0 Å². The van der Waals surface area contributed by atoms with Gasteiger partial charge in [0.2, 0.25) is 0 Å². The van der Waals surface area contributed by atoms with E-state index in [-0.39, 0.29) is 17.4 Å². The molecule has 1 atom stereocenters. The Labute approximate surface area is 139 Å². The molecule has 1 fully saturated rings. The zero-order chi connectivity index (χ0) is 16.9. The van der Waals surface area contributed by atoms with Gasteiger partial charge in [-0.2, -0.15) is 0 Å². The van der Waals surface area contributed by atoms with Crippen LogP contribution >= 0.6 is 0 Å². The Balaban J connectivity index is 1.61. The second kappa shape index (κ2) is 7.47. The number of rotatable bonds is 4. The smallest absolute Gasteiger partial charge is 0.274 e. The highest BCUT2D eigenvalue weighted by molar-refractivity contribution is 5.92. The molecule has 1 aromatic heterocycles. The van der Waals surface area contributed by atoms with Crippen molar-refractivity contribution in [3.05, 3.63) is 59.7 Å². The van der Waals surface area contributed by atoms with Gasteiger partial charge >= 0.3 is 0 Å². The summed E-state index contributed by atoms with van der Waals surface area (Å²) in [5.74, 6) is -0.903. The molecule has 1 amide bonds. The van der Waals surface area contributed by atoms with Crippen molar-refractivity contribution in [3.63, 3.8) is 0 Å². The highest BCUT2D eigenvalue weighted by atomic mass is 19.1. The summed E-state index contributed by atoms with van der Waals surface area (Å²) < 4.78 is 27.4. The fraction of sp³-hybridized carbons (Fsp3) is 0.389. The first-order valence-corrected chi connectivity index (χ1v) is 8.13. The van der Waals surface area contributed by atoms with Gasteiger partial charge in [-0.05, 0) is 43.7 Å². The van der Waals surface area contributed by atoms with Crippen molar-refractivity contribution in [2.75, 3.05) is 13.1 Å². The van der Waals surface area contributed by atoms with Crippen LogP contribution in [0.4, 0.5) is 8.78 Å². The van der Waals surface area contributed by atoms with E-state index >= 15 is 0 Å². The van der Waals surface area contributed by atoms with Crippen LogP contribution in [-0.4, -0.2) is 33.9 Å². The maximum atomic E-state index is 13.7. The summed E-state index contributed by atoms with van der Waals surface area (Å²) in [6.07, 6.45) is 7.32. The summed E-state index contributed by atoms with van der Waals surface area (Å²) in [6, 6.07) is 3.93. The first-order chi connectivity index (χ1) is 11.6. The number of piperidine rings is 1. The first-order valence-electron chi connectivity index (χ1n) is 8.13. The minimum Gasteiger partial charge on any atom is -0.337 e. The van der Waals surface area contributed by atoms with Gasteiger partial charge in [0.15, 0.2) is 0 Å². The molecule has 0 aliphatic carbocycles. The minimum atomic E-state index is -0.502. The predicted molar refractivity (Wildman–Crippen MR) is 85.3 cm³/mol. The van der Waals surface area contributed by atoms with Gasteiger partial charge in [-0.3, -0.25) is 9.78 Å². The molecule has 6 heteroatoms. The molecule has 0 bridgehead atoms. The Morgan fingerprint density at radius 1 is 1.25 bits per heavy atom. The molecular formula is C18H19F2N3O. The zero-order valence-electron chi connectivity index (χ0n) is 13.3. The fourth-order valence-corrected chi connectivity index (χ4v) is 3.18. The maximum Gasteiger partial charge on any atom is 0.274 e. The van der Waals surface area contributed by atoms with Gasteiger partial charge in [-0.15, -0.1) is 0 Å². The molecule has 24 heavy (non-hydrogen) atoms. The molecule has 0 radical (unpaired) electrons. The second-order valence-corrected chi connectivity index (χ2v) is 6.09. The van der Waals surface area contributed by atoms with Crippen LogP contribution in [0.1, 0.15) is 35.3 Å². The zero-order valence-corrected chi connectivity index (χ0v) is 13.3. The molecule has 126 valence electrons. The van der Waals surface area contributed by atoms with Crippen molar-refractivity contribution in [3.8, 4) is 0 Å². The second-order valence-electron chi connectivity index (χ2n) is 6.09. The number of carbonyl (C=O) groups is 1. The standard InChI is InChI=1S/C18H19F2N3O/c19-15-4-1-5-16(20)14(15)7-6-13-3-2-10-23(12-13)18(24)17-11-21-8-9-22-17/h1,4-5,8-9,11,13H,2-3,6-7,10,12H2/t13-/m0/s1. The SMILES string of the molecule is O=C(c1cnccn1)N1CCC[C@@H](CCc2c(F)cccc2F)C1. The quantitative estimate of drug-likeness (QED) is 0.864. The van der Waals surface area contributed by atoms with Gasteiger partial charge in [0.1, 0.15) is 17.3 Å². The van der Waals surface area contributed by atoms with E-state index in [4.69, 9.17) is 0 Å². The summed E-state index contributed by atoms with van der Waals surface area (Å²) in [5, 5.41) is 0. The van der Waals surface area contributed by atoms with E-state index < -0.39 is 11.6 Å². The lowest BCUT2D eigenvalue weighted by atomic mass is 9.91. The van der Waals surface area contributed by atoms with Gasteiger partial charge in [0, 0.05) is 31.0 Å². The van der Waals surface area contributed by atoms with Crippen LogP contribution in [0.3, 0.4) is 0 Å². The lowest BCUT2D eigenvalue weighted by Crippen LogP contribution is -2.40. The number of nitrogens with zero attached hydrogens (tertiary/aromatic N) is 3. The topological polar surface area (TPSA) is 46.1 Å². The van der Waals surface area contributed by atoms with Crippen molar-refractivity contribution >= 4 is 5.91 Å². The van der Waals surface area contributed by atoms with Gasteiger partial charge in [0.25, 0.3) is 5.91 Å². The highest BCUT2D eigenvalue weighted by Crippen LogP contribution is 2.24. The van der Waals surface area contributed by atoms with Gasteiger partial charge in [-0.1, -0.05) is 6.07 Å². The van der Waals surface area contributed by atoms with Crippen LogP contribution in [0.2, 0.25) is 0 Å². The van der Waals surface area contributed by atoms with Crippen LogP contribution in [-0.2, 0) is 6.42 Å². The summed E-state index contributed by atoms with van der Waals surface area (Å²) in [4.78, 5) is 22.2. The molecule has 3 rings (SSSR count). The summed E-state index contributed by atoms with van der Waals surface area (Å²) in [6.45, 7) is 1.27. The molecule has 0 spiro atoms. The van der Waals surface area contributed by atoms with E-state index in [1.807, 2.05) is 0 Å². The molecule has 2 aromatic rings. The number of carbonyl (C=O) groups excluding carboxylic acids is 1. The number of benzene rings is 1. The van der Waals surface area contributed by atoms with E-state index in [0.29, 0.717) is 31.6 Å². The molecule has 4 nitrogen and oxygen atoms in total. The van der Waals surface area contributed by atoms with Crippen LogP contribution in [0.15, 0.2) is 36.8 Å². The number of halogens is 2. The van der Waals surface area contributed by atoms with Crippen LogP contribution in [0.25, 0.3) is 0 Å². The predicted octanol–water partition coefficient (Wildman–Crippen LogP) is 3.24. The average molecular weight is 331 g/mol. The minimum absolute atomic E-state index is 0.134. The monoisotopic (exact) mass is 331 g/mol. The maximum absolute atomic E-state index is 13.7. The molecule has 0 saturated carbocycles. The fourth-order valence-electron chi connectivity index (χ4n) is 3.18. The largest absolute Gasteiger partial charge is 0.337 e. The van der Waals surface area contributed by atoms with Crippen molar-refractivity contribution in [1.29, 1.82) is 0 Å². The average Bonchev–Trinajstić information content (AvgIpc) is 2.62. The molecule has 1 aromatic carbocycles. The van der Waals surface area contributed by atoms with E-state index in [1.165, 1.54) is 36.8 Å². The Morgan fingerprint density at radius 3 is 2.75 bits per heavy atom. The number of likely N-dealkylation sites (tertiary alicyclic amines) is 1. The third-order valence-electron chi connectivity index (χ3n) is 4.45. The number of aromatic nitrogens is 2. The van der Waals surface area contributed by atoms with E-state index in [2.05, 4.69) is 9.97 Å². The molecular weight excluding hydrogens is 312 g/mol. The lowest BCUT2D eigenvalue weighted by molar-refractivity contribution is 0.0661. The lowest BCUT2D eigenvalue weighted by Gasteiger charge is -2.32. The Bertz CT molecular complexity index is 688. The van der Waals surface area contributed by atoms with Gasteiger partial charge in [0.05, 0.1) is 6.20 Å². The summed E-state index contributed by atoms with van der Waals surface area (Å²) >= 11 is 0. The van der Waals surface area contributed by atoms with Crippen molar-refractivity contribution in [2.24, 2.45) is 5.92 Å². The molecule has 0 N–H and O–H groups in total. The van der Waals surface area contributed by atoms with Crippen molar-refractivity contribution in [1.82, 2.24) is 14.9 Å². The molecule has 2 heterocycles. The van der Waals surface area contributed by atoms with Crippen molar-refractivity contribution < 1.29 is 13.6 Å². The summed E-state index contributed by atoms with van der Waals surface area (Å²) in [7, 11) is 0. The Morgan fingerprint density at radius 2 is 2.04 bits per heavy atom. The Hall–Kier alpha value is -2.37. The third-order valence-corrected chi connectivity index (χ3v) is 4.45. The van der Waals surface area contributed by atoms with Crippen molar-refractivity contribution in [2.45, 2.75) is 25.7 Å².